The number of fused-ring (bicyclic) bond motifs is 1. The largest absolute Gasteiger partial charge is 0.0610 e. The standard InChI is InChI=1S/C58H28/c1-3-29-4-2-6-41(45-28-39-22-20-35-14-10-31-8-12-33-16-18-37-24-26-43(45)58-54(37)50(33)48(31)52(35)56(39)58)46(29)40(5-1)44-27-38-21-19-34-13-9-30-7-11-32-15-17-36-23-25-42(44)57-53(36)49(32)47(30)51(34)55(38)57/h1-28H. The van der Waals surface area contributed by atoms with Gasteiger partial charge in [0, 0.05) is 0 Å². The van der Waals surface area contributed by atoms with Crippen LogP contribution in [0, 0.1) is 0 Å². The summed E-state index contributed by atoms with van der Waals surface area (Å²) < 4.78 is 0. The van der Waals surface area contributed by atoms with Gasteiger partial charge in [-0.2, -0.15) is 0 Å². The minimum Gasteiger partial charge on any atom is -0.0610 e. The molecule has 0 heterocycles. The molecule has 0 fully saturated rings. The van der Waals surface area contributed by atoms with E-state index in [4.69, 9.17) is 0 Å². The van der Waals surface area contributed by atoms with Gasteiger partial charge in [0.15, 0.2) is 0 Å². The summed E-state index contributed by atoms with van der Waals surface area (Å²) >= 11 is 0. The minimum atomic E-state index is 1.26. The van der Waals surface area contributed by atoms with Gasteiger partial charge in [0.05, 0.1) is 0 Å². The van der Waals surface area contributed by atoms with E-state index in [1.807, 2.05) is 0 Å². The zero-order chi connectivity index (χ0) is 37.1. The summed E-state index contributed by atoms with van der Waals surface area (Å²) in [6.07, 6.45) is 0. The van der Waals surface area contributed by atoms with E-state index in [1.165, 1.54) is 162 Å². The van der Waals surface area contributed by atoms with Crippen LogP contribution in [0.25, 0.3) is 162 Å². The molecule has 16 aromatic carbocycles. The highest BCUT2D eigenvalue weighted by Gasteiger charge is 2.25. The fourth-order valence-electron chi connectivity index (χ4n) is 12.2. The number of rotatable bonds is 2. The molecule has 0 N–H and O–H groups in total. The highest BCUT2D eigenvalue weighted by atomic mass is 14.3. The summed E-state index contributed by atoms with van der Waals surface area (Å²) in [6, 6.07) is 65.7. The van der Waals surface area contributed by atoms with Crippen LogP contribution in [-0.4, -0.2) is 0 Å². The molecule has 0 aliphatic heterocycles. The number of hydrogen-bond donors (Lipinski definition) is 0. The molecular weight excluding hydrogens is 697 g/mol. The molecule has 58 heavy (non-hydrogen) atoms. The highest BCUT2D eigenvalue weighted by Crippen LogP contribution is 2.54. The lowest BCUT2D eigenvalue weighted by Gasteiger charge is -2.23. The Morgan fingerprint density at radius 2 is 0.397 bits per heavy atom. The second kappa shape index (κ2) is 9.52. The minimum absolute atomic E-state index is 1.26. The Hall–Kier alpha value is -7.54. The van der Waals surface area contributed by atoms with Crippen LogP contribution < -0.4 is 0 Å². The van der Waals surface area contributed by atoms with Crippen LogP contribution in [0.1, 0.15) is 0 Å². The average molecular weight is 725 g/mol. The van der Waals surface area contributed by atoms with Gasteiger partial charge in [-0.25, -0.2) is 0 Å². The van der Waals surface area contributed by atoms with Crippen molar-refractivity contribution in [1.29, 1.82) is 0 Å². The van der Waals surface area contributed by atoms with Crippen LogP contribution in [0.5, 0.6) is 0 Å². The molecule has 0 aromatic heterocycles. The van der Waals surface area contributed by atoms with Crippen LogP contribution in [0.15, 0.2) is 170 Å². The van der Waals surface area contributed by atoms with Gasteiger partial charge < -0.3 is 0 Å². The van der Waals surface area contributed by atoms with Gasteiger partial charge in [-0.15, -0.1) is 0 Å². The SMILES string of the molecule is c1cc(-c2cc3ccc4ccc5ccc6ccc7ccc2c2c7c6c5c4c32)c2c(-c3cc4ccc5ccc6ccc7ccc8ccc3c3c8c7c6c5c43)cccc2c1. The van der Waals surface area contributed by atoms with E-state index in [1.54, 1.807) is 0 Å². The molecule has 16 rings (SSSR count). The van der Waals surface area contributed by atoms with Crippen molar-refractivity contribution in [2.75, 3.05) is 0 Å². The molecule has 260 valence electrons. The smallest absolute Gasteiger partial charge is 0.000762 e. The Balaban J connectivity index is 1.08. The molecule has 0 heteroatoms. The van der Waals surface area contributed by atoms with Gasteiger partial charge in [-0.3, -0.25) is 0 Å². The molecule has 0 aliphatic carbocycles. The third kappa shape index (κ3) is 3.14. The molecular formula is C58H28. The van der Waals surface area contributed by atoms with Crippen LogP contribution in [-0.2, 0) is 0 Å². The van der Waals surface area contributed by atoms with Crippen LogP contribution in [0.3, 0.4) is 0 Å². The van der Waals surface area contributed by atoms with Crippen molar-refractivity contribution in [3.8, 4) is 22.3 Å². The summed E-state index contributed by atoms with van der Waals surface area (Å²) in [5, 5.41) is 35.2. The second-order valence-electron chi connectivity index (χ2n) is 17.0. The maximum Gasteiger partial charge on any atom is -0.000762 e. The molecule has 0 atom stereocenters. The summed E-state index contributed by atoms with van der Waals surface area (Å²) in [5.74, 6) is 0. The van der Waals surface area contributed by atoms with Gasteiger partial charge in [-0.1, -0.05) is 158 Å². The predicted octanol–water partition coefficient (Wildman–Crippen LogP) is 16.6. The molecule has 0 unspecified atom stereocenters. The fourth-order valence-corrected chi connectivity index (χ4v) is 12.2. The Bertz CT molecular complexity index is 4010. The second-order valence-corrected chi connectivity index (χ2v) is 17.0. The zero-order valence-electron chi connectivity index (χ0n) is 31.2. The molecule has 0 radical (unpaired) electrons. The third-order valence-corrected chi connectivity index (χ3v) is 14.5. The number of benzene rings is 16. The Labute approximate surface area is 330 Å². The van der Waals surface area contributed by atoms with Gasteiger partial charge in [0.25, 0.3) is 0 Å². The maximum absolute atomic E-state index is 2.50. The van der Waals surface area contributed by atoms with E-state index in [-0.39, 0.29) is 0 Å². The van der Waals surface area contributed by atoms with Crippen molar-refractivity contribution in [2.24, 2.45) is 0 Å². The van der Waals surface area contributed by atoms with Gasteiger partial charge >= 0.3 is 0 Å². The van der Waals surface area contributed by atoms with Crippen LogP contribution in [0.2, 0.25) is 0 Å². The van der Waals surface area contributed by atoms with Gasteiger partial charge in [-0.05, 0) is 174 Å². The topological polar surface area (TPSA) is 0 Å². The Morgan fingerprint density at radius 1 is 0.155 bits per heavy atom. The summed E-state index contributed by atoms with van der Waals surface area (Å²) in [4.78, 5) is 0. The van der Waals surface area contributed by atoms with Gasteiger partial charge in [0.2, 0.25) is 0 Å². The first kappa shape index (κ1) is 28.8. The van der Waals surface area contributed by atoms with E-state index < -0.39 is 0 Å². The molecule has 0 aliphatic rings. The molecule has 0 saturated heterocycles. The first-order valence-corrected chi connectivity index (χ1v) is 20.5. The molecule has 0 amide bonds. The van der Waals surface area contributed by atoms with E-state index in [2.05, 4.69) is 170 Å². The monoisotopic (exact) mass is 724 g/mol. The summed E-state index contributed by atoms with van der Waals surface area (Å²) in [5.41, 5.74) is 5.16. The van der Waals surface area contributed by atoms with E-state index in [0.717, 1.165) is 0 Å². The van der Waals surface area contributed by atoms with Crippen molar-refractivity contribution in [2.45, 2.75) is 0 Å². The van der Waals surface area contributed by atoms with Crippen molar-refractivity contribution >= 4 is 140 Å². The molecule has 0 nitrogen and oxygen atoms in total. The van der Waals surface area contributed by atoms with Crippen molar-refractivity contribution in [3.05, 3.63) is 170 Å². The average Bonchev–Trinajstić information content (AvgIpc) is 3.28. The highest BCUT2D eigenvalue weighted by molar-refractivity contribution is 6.47. The third-order valence-electron chi connectivity index (χ3n) is 14.5. The van der Waals surface area contributed by atoms with E-state index >= 15 is 0 Å². The lowest BCUT2D eigenvalue weighted by atomic mass is 9.79. The first-order chi connectivity index (χ1) is 28.8. The number of hydrogen-bond acceptors (Lipinski definition) is 0. The van der Waals surface area contributed by atoms with E-state index in [9.17, 15) is 0 Å². The molecule has 0 saturated carbocycles. The summed E-state index contributed by atoms with van der Waals surface area (Å²) in [6.45, 7) is 0. The van der Waals surface area contributed by atoms with Crippen molar-refractivity contribution in [3.63, 3.8) is 0 Å². The Kier molecular flexibility index (Phi) is 4.73. The van der Waals surface area contributed by atoms with Crippen LogP contribution >= 0.6 is 0 Å². The maximum atomic E-state index is 2.50. The first-order valence-electron chi connectivity index (χ1n) is 20.5. The van der Waals surface area contributed by atoms with Crippen LogP contribution in [0.4, 0.5) is 0 Å². The Morgan fingerprint density at radius 3 is 0.724 bits per heavy atom. The predicted molar refractivity (Wildman–Crippen MR) is 252 cm³/mol. The van der Waals surface area contributed by atoms with Crippen molar-refractivity contribution < 1.29 is 0 Å². The summed E-state index contributed by atoms with van der Waals surface area (Å²) in [7, 11) is 0. The molecule has 0 spiro atoms. The molecule has 0 bridgehead atoms. The van der Waals surface area contributed by atoms with Gasteiger partial charge in [0.1, 0.15) is 0 Å². The fraction of sp³-hybridized carbons (Fsp3) is 0. The lowest BCUT2D eigenvalue weighted by Crippen LogP contribution is -1.95. The van der Waals surface area contributed by atoms with E-state index in [0.29, 0.717) is 0 Å². The normalized spacial score (nSPS) is 13.2. The molecule has 16 aromatic rings. The quantitative estimate of drug-likeness (QED) is 0.123. The van der Waals surface area contributed by atoms with Crippen molar-refractivity contribution in [1.82, 2.24) is 0 Å². The lowest BCUT2D eigenvalue weighted by molar-refractivity contribution is 1.69. The zero-order valence-corrected chi connectivity index (χ0v) is 31.2.